The van der Waals surface area contributed by atoms with Gasteiger partial charge in [0.25, 0.3) is 5.91 Å². The minimum absolute atomic E-state index is 0.262. The minimum Gasteiger partial charge on any atom is -0.467 e. The number of rotatable bonds is 2. The lowest BCUT2D eigenvalue weighted by Gasteiger charge is -2.55. The molecule has 4 nitrogen and oxygen atoms in total. The third kappa shape index (κ3) is 2.87. The molecule has 0 saturated carbocycles. The summed E-state index contributed by atoms with van der Waals surface area (Å²) in [4.78, 5) is 17.0. The molecule has 3 aromatic carbocycles. The molecule has 0 aromatic heterocycles. The highest BCUT2D eigenvalue weighted by atomic mass is 32.1. The molecule has 2 aliphatic heterocycles. The number of fused-ring (bicyclic) bond motifs is 4. The van der Waals surface area contributed by atoms with Gasteiger partial charge >= 0.3 is 0 Å². The van der Waals surface area contributed by atoms with E-state index in [0.717, 1.165) is 17.0 Å². The van der Waals surface area contributed by atoms with Gasteiger partial charge in [-0.25, -0.2) is 4.39 Å². The van der Waals surface area contributed by atoms with E-state index in [1.165, 1.54) is 18.2 Å². The van der Waals surface area contributed by atoms with Crippen LogP contribution in [0, 0.1) is 5.82 Å². The molecule has 0 unspecified atom stereocenters. The Morgan fingerprint density at radius 2 is 1.80 bits per heavy atom. The topological polar surface area (TPSA) is 32.8 Å². The highest BCUT2D eigenvalue weighted by Gasteiger charge is 2.53. The lowest BCUT2D eigenvalue weighted by Crippen LogP contribution is -2.67. The first-order valence-corrected chi connectivity index (χ1v) is 10.1. The van der Waals surface area contributed by atoms with Crippen LogP contribution in [0.4, 0.5) is 10.1 Å². The molecule has 2 atom stereocenters. The maximum Gasteiger partial charge on any atom is 0.260 e. The number of nitrogens with zero attached hydrogens (tertiary/aromatic N) is 2. The molecule has 1 fully saturated rings. The van der Waals surface area contributed by atoms with Crippen molar-refractivity contribution in [2.75, 3.05) is 4.90 Å². The van der Waals surface area contributed by atoms with Crippen LogP contribution < -0.4 is 9.64 Å². The van der Waals surface area contributed by atoms with Gasteiger partial charge < -0.3 is 4.74 Å². The summed E-state index contributed by atoms with van der Waals surface area (Å²) >= 11 is 5.85. The fraction of sp³-hybridized carbons (Fsp3) is 0.167. The number of anilines is 1. The number of thiocarbonyl (C=S) groups is 1. The van der Waals surface area contributed by atoms with E-state index in [9.17, 15) is 9.18 Å². The van der Waals surface area contributed by atoms with Crippen molar-refractivity contribution in [3.8, 4) is 5.75 Å². The smallest absolute Gasteiger partial charge is 0.260 e. The van der Waals surface area contributed by atoms with Crippen molar-refractivity contribution in [3.63, 3.8) is 0 Å². The van der Waals surface area contributed by atoms with E-state index in [-0.39, 0.29) is 17.5 Å². The van der Waals surface area contributed by atoms with Gasteiger partial charge in [0.15, 0.2) is 10.8 Å². The highest BCUT2D eigenvalue weighted by Crippen LogP contribution is 2.49. The Bertz CT molecular complexity index is 1150. The normalized spacial score (nSPS) is 22.3. The lowest BCUT2D eigenvalue weighted by atomic mass is 9.88. The van der Waals surface area contributed by atoms with Crippen LogP contribution in [0.1, 0.15) is 35.3 Å². The summed E-state index contributed by atoms with van der Waals surface area (Å²) in [5.74, 6) is -0.0678. The van der Waals surface area contributed by atoms with Crippen molar-refractivity contribution >= 4 is 28.9 Å². The van der Waals surface area contributed by atoms with Crippen LogP contribution in [0.5, 0.6) is 5.75 Å². The van der Waals surface area contributed by atoms with Gasteiger partial charge in [0.05, 0.1) is 6.04 Å². The maximum atomic E-state index is 13.9. The molecule has 150 valence electrons. The number of carbonyl (C=O) groups excluding carboxylic acids is 1. The van der Waals surface area contributed by atoms with Gasteiger partial charge in [-0.3, -0.25) is 14.6 Å². The number of ether oxygens (including phenoxy) is 1. The first-order chi connectivity index (χ1) is 14.5. The lowest BCUT2D eigenvalue weighted by molar-refractivity contribution is 0.0184. The van der Waals surface area contributed by atoms with Crippen molar-refractivity contribution in [2.45, 2.75) is 25.1 Å². The van der Waals surface area contributed by atoms with Gasteiger partial charge in [0.2, 0.25) is 0 Å². The molecule has 0 spiro atoms. The first-order valence-electron chi connectivity index (χ1n) is 9.74. The van der Waals surface area contributed by atoms with Crippen LogP contribution in [-0.4, -0.2) is 21.6 Å². The monoisotopic (exact) mass is 418 g/mol. The molecule has 1 amide bonds. The predicted molar refractivity (Wildman–Crippen MR) is 117 cm³/mol. The second-order valence-electron chi connectivity index (χ2n) is 7.67. The average Bonchev–Trinajstić information content (AvgIpc) is 2.74. The fourth-order valence-electron chi connectivity index (χ4n) is 4.36. The number of amides is 1. The molecule has 3 aromatic rings. The summed E-state index contributed by atoms with van der Waals surface area (Å²) < 4.78 is 20.3. The van der Waals surface area contributed by atoms with Crippen molar-refractivity contribution in [1.82, 2.24) is 4.90 Å². The van der Waals surface area contributed by atoms with Crippen LogP contribution in [0.15, 0.2) is 78.9 Å². The standard InChI is InChI=1S/C24H19FN2O2S/c1-24-15-20(19-12-5-6-13-21(19)29-24)26(22(28)16-8-7-9-17(25)14-16)23(30)27(24)18-10-3-2-4-11-18/h2-14,20H,15H2,1H3/t20-,24-/m0/s1. The molecule has 0 N–H and O–H groups in total. The molecule has 1 saturated heterocycles. The maximum absolute atomic E-state index is 13.9. The third-order valence-corrected chi connectivity index (χ3v) is 6.05. The molecule has 0 radical (unpaired) electrons. The second-order valence-corrected chi connectivity index (χ2v) is 8.04. The fourth-order valence-corrected chi connectivity index (χ4v) is 4.86. The van der Waals surface area contributed by atoms with Crippen LogP contribution in [0.2, 0.25) is 0 Å². The summed E-state index contributed by atoms with van der Waals surface area (Å²) in [6.45, 7) is 1.99. The van der Waals surface area contributed by atoms with E-state index in [1.54, 1.807) is 11.0 Å². The second kappa shape index (κ2) is 6.92. The summed E-state index contributed by atoms with van der Waals surface area (Å²) in [6.07, 6.45) is 0.528. The van der Waals surface area contributed by atoms with E-state index >= 15 is 0 Å². The number of carbonyl (C=O) groups is 1. The van der Waals surface area contributed by atoms with Gasteiger partial charge in [-0.2, -0.15) is 0 Å². The summed E-state index contributed by atoms with van der Waals surface area (Å²) in [6, 6.07) is 22.7. The molecule has 2 heterocycles. The molecule has 2 bridgehead atoms. The Labute approximate surface area is 179 Å². The summed E-state index contributed by atoms with van der Waals surface area (Å²) in [7, 11) is 0. The Morgan fingerprint density at radius 3 is 2.57 bits per heavy atom. The molecule has 30 heavy (non-hydrogen) atoms. The highest BCUT2D eigenvalue weighted by molar-refractivity contribution is 7.80. The Hall–Kier alpha value is -3.25. The Kier molecular flexibility index (Phi) is 4.33. The van der Waals surface area contributed by atoms with E-state index in [2.05, 4.69) is 0 Å². The molecule has 6 heteroatoms. The molecule has 0 aliphatic carbocycles. The number of para-hydroxylation sites is 2. The van der Waals surface area contributed by atoms with Crippen LogP contribution in [0.3, 0.4) is 0 Å². The quantitative estimate of drug-likeness (QED) is 0.528. The van der Waals surface area contributed by atoms with Crippen molar-refractivity contribution in [2.24, 2.45) is 0 Å². The molecule has 2 aliphatic rings. The minimum atomic E-state index is -0.754. The van der Waals surface area contributed by atoms with Crippen LogP contribution >= 0.6 is 12.2 Å². The van der Waals surface area contributed by atoms with Gasteiger partial charge in [-0.1, -0.05) is 42.5 Å². The molecule has 5 rings (SSSR count). The summed E-state index contributed by atoms with van der Waals surface area (Å²) in [5.41, 5.74) is 1.24. The van der Waals surface area contributed by atoms with E-state index in [0.29, 0.717) is 11.5 Å². The van der Waals surface area contributed by atoms with Gasteiger partial charge in [0.1, 0.15) is 11.6 Å². The zero-order valence-electron chi connectivity index (χ0n) is 16.3. The van der Waals surface area contributed by atoms with Crippen molar-refractivity contribution in [1.29, 1.82) is 0 Å². The largest absolute Gasteiger partial charge is 0.467 e. The SMILES string of the molecule is C[C@@]12C[C@@H](c3ccccc3O1)N(C(=O)c1cccc(F)c1)C(=S)N2c1ccccc1. The van der Waals surface area contributed by atoms with E-state index in [4.69, 9.17) is 17.0 Å². The van der Waals surface area contributed by atoms with Crippen LogP contribution in [0.25, 0.3) is 0 Å². The van der Waals surface area contributed by atoms with E-state index < -0.39 is 11.5 Å². The first kappa shape index (κ1) is 18.8. The van der Waals surface area contributed by atoms with Crippen molar-refractivity contribution in [3.05, 3.63) is 95.8 Å². The van der Waals surface area contributed by atoms with Crippen molar-refractivity contribution < 1.29 is 13.9 Å². The Morgan fingerprint density at radius 1 is 1.07 bits per heavy atom. The van der Waals surface area contributed by atoms with Gasteiger partial charge in [0, 0.05) is 23.2 Å². The molecular formula is C24H19FN2O2S. The number of benzene rings is 3. The zero-order valence-corrected chi connectivity index (χ0v) is 17.1. The summed E-state index contributed by atoms with van der Waals surface area (Å²) in [5, 5.41) is 0.337. The Balaban J connectivity index is 1.68. The van der Waals surface area contributed by atoms with Crippen LogP contribution in [-0.2, 0) is 0 Å². The zero-order chi connectivity index (χ0) is 20.9. The third-order valence-electron chi connectivity index (χ3n) is 5.67. The van der Waals surface area contributed by atoms with Gasteiger partial charge in [-0.15, -0.1) is 0 Å². The number of halogens is 1. The molecular weight excluding hydrogens is 399 g/mol. The predicted octanol–water partition coefficient (Wildman–Crippen LogP) is 5.31. The number of hydrogen-bond acceptors (Lipinski definition) is 3. The number of hydrogen-bond donors (Lipinski definition) is 0. The van der Waals surface area contributed by atoms with Gasteiger partial charge in [-0.05, 0) is 55.5 Å². The average molecular weight is 418 g/mol. The van der Waals surface area contributed by atoms with E-state index in [1.807, 2.05) is 66.4 Å².